The Labute approximate surface area is 117 Å². The average molecular weight is 291 g/mol. The molecule has 0 atom stereocenters. The quantitative estimate of drug-likeness (QED) is 0.768. The van der Waals surface area contributed by atoms with Gasteiger partial charge in [-0.2, -0.15) is 11.8 Å². The van der Waals surface area contributed by atoms with E-state index in [1.807, 2.05) is 6.07 Å². The molecule has 0 radical (unpaired) electrons. The van der Waals surface area contributed by atoms with Gasteiger partial charge in [0.1, 0.15) is 5.78 Å². The van der Waals surface area contributed by atoms with E-state index in [9.17, 15) is 4.79 Å². The number of benzene rings is 1. The summed E-state index contributed by atoms with van der Waals surface area (Å²) in [6.45, 7) is 4.30. The zero-order valence-corrected chi connectivity index (χ0v) is 12.3. The molecule has 0 aliphatic rings. The summed E-state index contributed by atoms with van der Waals surface area (Å²) in [7, 11) is 0. The monoisotopic (exact) mass is 290 g/mol. The van der Waals surface area contributed by atoms with Gasteiger partial charge in [0.15, 0.2) is 0 Å². The van der Waals surface area contributed by atoms with Crippen molar-refractivity contribution in [3.05, 3.63) is 33.8 Å². The van der Waals surface area contributed by atoms with E-state index < -0.39 is 0 Å². The number of carbonyl (C=O) groups is 1. The number of halogens is 2. The topological polar surface area (TPSA) is 17.1 Å². The zero-order valence-electron chi connectivity index (χ0n) is 10.0. The first-order valence-electron chi connectivity index (χ1n) is 5.52. The van der Waals surface area contributed by atoms with Gasteiger partial charge in [-0.3, -0.25) is 4.79 Å². The third-order valence-electron chi connectivity index (χ3n) is 2.10. The highest BCUT2D eigenvalue weighted by atomic mass is 35.5. The van der Waals surface area contributed by atoms with Gasteiger partial charge >= 0.3 is 0 Å². The van der Waals surface area contributed by atoms with Crippen LogP contribution in [0.1, 0.15) is 19.4 Å². The van der Waals surface area contributed by atoms with Crippen molar-refractivity contribution in [3.8, 4) is 0 Å². The average Bonchev–Trinajstić information content (AvgIpc) is 2.23. The Kier molecular flexibility index (Phi) is 6.39. The minimum Gasteiger partial charge on any atom is -0.298 e. The van der Waals surface area contributed by atoms with Crippen molar-refractivity contribution in [1.29, 1.82) is 0 Å². The smallest absolute Gasteiger partial charge is 0.147 e. The van der Waals surface area contributed by atoms with Crippen LogP contribution in [0.3, 0.4) is 0 Å². The van der Waals surface area contributed by atoms with Gasteiger partial charge in [-0.1, -0.05) is 43.1 Å². The third kappa shape index (κ3) is 5.80. The molecule has 0 aromatic heterocycles. The molecule has 0 aliphatic carbocycles. The van der Waals surface area contributed by atoms with Crippen LogP contribution < -0.4 is 0 Å². The molecule has 0 heterocycles. The molecule has 1 aromatic carbocycles. The molecule has 0 amide bonds. The van der Waals surface area contributed by atoms with E-state index in [0.29, 0.717) is 28.1 Å². The van der Waals surface area contributed by atoms with Gasteiger partial charge in [0.2, 0.25) is 0 Å². The second-order valence-corrected chi connectivity index (χ2v) is 6.22. The number of ketones is 1. The molecule has 1 rings (SSSR count). The van der Waals surface area contributed by atoms with Crippen molar-refractivity contribution in [2.75, 3.05) is 11.5 Å². The molecule has 0 aliphatic heterocycles. The largest absolute Gasteiger partial charge is 0.298 e. The summed E-state index contributed by atoms with van der Waals surface area (Å²) >= 11 is 13.4. The van der Waals surface area contributed by atoms with E-state index in [0.717, 1.165) is 11.3 Å². The van der Waals surface area contributed by atoms with Crippen molar-refractivity contribution < 1.29 is 4.79 Å². The first-order valence-corrected chi connectivity index (χ1v) is 7.43. The molecule has 17 heavy (non-hydrogen) atoms. The predicted octanol–water partition coefficient (Wildman–Crippen LogP) is 4.49. The summed E-state index contributed by atoms with van der Waals surface area (Å²) in [5.41, 5.74) is 0.926. The maximum Gasteiger partial charge on any atom is 0.147 e. The lowest BCUT2D eigenvalue weighted by Crippen LogP contribution is -2.07. The lowest BCUT2D eigenvalue weighted by Gasteiger charge is -2.05. The molecule has 1 nitrogen and oxygen atoms in total. The molecule has 0 spiro atoms. The minimum atomic E-state index is 0.231. The second kappa shape index (κ2) is 7.30. The zero-order chi connectivity index (χ0) is 12.8. The van der Waals surface area contributed by atoms with Gasteiger partial charge in [-0.05, 0) is 29.4 Å². The SMILES string of the molecule is CC(C)CSCC(=O)Cc1ccc(Cl)c(Cl)c1. The van der Waals surface area contributed by atoms with Crippen LogP contribution in [0.25, 0.3) is 0 Å². The minimum absolute atomic E-state index is 0.231. The molecule has 0 bridgehead atoms. The van der Waals surface area contributed by atoms with E-state index in [2.05, 4.69) is 13.8 Å². The van der Waals surface area contributed by atoms with Crippen LogP contribution in [0.4, 0.5) is 0 Å². The normalized spacial score (nSPS) is 10.9. The van der Waals surface area contributed by atoms with Crippen molar-refractivity contribution >= 4 is 40.7 Å². The summed E-state index contributed by atoms with van der Waals surface area (Å²) < 4.78 is 0. The second-order valence-electron chi connectivity index (χ2n) is 4.37. The third-order valence-corrected chi connectivity index (χ3v) is 4.27. The highest BCUT2D eigenvalue weighted by Gasteiger charge is 2.06. The maximum absolute atomic E-state index is 11.7. The Morgan fingerprint density at radius 1 is 1.29 bits per heavy atom. The summed E-state index contributed by atoms with van der Waals surface area (Å²) in [6, 6.07) is 5.34. The molecule has 0 saturated carbocycles. The van der Waals surface area contributed by atoms with Gasteiger partial charge < -0.3 is 0 Å². The molecule has 0 N–H and O–H groups in total. The molecular weight excluding hydrogens is 275 g/mol. The van der Waals surface area contributed by atoms with Crippen molar-refractivity contribution in [3.63, 3.8) is 0 Å². The van der Waals surface area contributed by atoms with Crippen LogP contribution in [0.5, 0.6) is 0 Å². The van der Waals surface area contributed by atoms with Crippen LogP contribution >= 0.6 is 35.0 Å². The number of Topliss-reactive ketones (excluding diaryl/α,β-unsaturated/α-hetero) is 1. The van der Waals surface area contributed by atoms with Crippen LogP contribution in [0, 0.1) is 5.92 Å². The Morgan fingerprint density at radius 2 is 2.00 bits per heavy atom. The Morgan fingerprint density at radius 3 is 2.59 bits per heavy atom. The molecule has 0 unspecified atom stereocenters. The number of carbonyl (C=O) groups excluding carboxylic acids is 1. The fourth-order valence-corrected chi connectivity index (χ4v) is 2.58. The van der Waals surface area contributed by atoms with E-state index >= 15 is 0 Å². The molecule has 1 aromatic rings. The van der Waals surface area contributed by atoms with E-state index in [1.54, 1.807) is 23.9 Å². The molecule has 0 fully saturated rings. The highest BCUT2D eigenvalue weighted by molar-refractivity contribution is 7.99. The Balaban J connectivity index is 2.42. The fraction of sp³-hybridized carbons (Fsp3) is 0.462. The van der Waals surface area contributed by atoms with Crippen molar-refractivity contribution in [1.82, 2.24) is 0 Å². The predicted molar refractivity (Wildman–Crippen MR) is 77.3 cm³/mol. The standard InChI is InChI=1S/C13H16Cl2OS/c1-9(2)7-17-8-11(16)5-10-3-4-12(14)13(15)6-10/h3-4,6,9H,5,7-8H2,1-2H3. The van der Waals surface area contributed by atoms with Crippen LogP contribution in [0.2, 0.25) is 10.0 Å². The van der Waals surface area contributed by atoms with Gasteiger partial charge in [0, 0.05) is 6.42 Å². The van der Waals surface area contributed by atoms with E-state index in [4.69, 9.17) is 23.2 Å². The maximum atomic E-state index is 11.7. The highest BCUT2D eigenvalue weighted by Crippen LogP contribution is 2.23. The fourth-order valence-electron chi connectivity index (χ4n) is 1.34. The van der Waals surface area contributed by atoms with Gasteiger partial charge in [0.25, 0.3) is 0 Å². The van der Waals surface area contributed by atoms with E-state index in [1.165, 1.54) is 0 Å². The summed E-state index contributed by atoms with van der Waals surface area (Å²) in [5, 5.41) is 1.03. The number of hydrogen-bond donors (Lipinski definition) is 0. The van der Waals surface area contributed by atoms with Crippen LogP contribution in [-0.2, 0) is 11.2 Å². The lowest BCUT2D eigenvalue weighted by molar-refractivity contribution is -0.116. The van der Waals surface area contributed by atoms with Crippen molar-refractivity contribution in [2.24, 2.45) is 5.92 Å². The van der Waals surface area contributed by atoms with Crippen LogP contribution in [-0.4, -0.2) is 17.3 Å². The van der Waals surface area contributed by atoms with Crippen molar-refractivity contribution in [2.45, 2.75) is 20.3 Å². The van der Waals surface area contributed by atoms with Gasteiger partial charge in [-0.15, -0.1) is 0 Å². The van der Waals surface area contributed by atoms with Crippen LogP contribution in [0.15, 0.2) is 18.2 Å². The van der Waals surface area contributed by atoms with E-state index in [-0.39, 0.29) is 5.78 Å². The Bertz CT molecular complexity index is 391. The summed E-state index contributed by atoms with van der Waals surface area (Å²) in [4.78, 5) is 11.7. The first-order chi connectivity index (χ1) is 7.99. The van der Waals surface area contributed by atoms with Gasteiger partial charge in [0.05, 0.1) is 15.8 Å². The number of rotatable bonds is 6. The summed E-state index contributed by atoms with van der Waals surface area (Å²) in [5.74, 6) is 2.44. The number of thioether (sulfide) groups is 1. The van der Waals surface area contributed by atoms with Gasteiger partial charge in [-0.25, -0.2) is 0 Å². The lowest BCUT2D eigenvalue weighted by atomic mass is 10.1. The molecule has 4 heteroatoms. The molecule has 0 saturated heterocycles. The first kappa shape index (κ1) is 14.9. The molecular formula is C13H16Cl2OS. The summed E-state index contributed by atoms with van der Waals surface area (Å²) in [6.07, 6.45) is 0.433. The molecule has 94 valence electrons. The number of hydrogen-bond acceptors (Lipinski definition) is 2. The Hall–Kier alpha value is -0.180.